The fraction of sp³-hybridized carbons (Fsp3) is 0.875. The van der Waals surface area contributed by atoms with Crippen molar-refractivity contribution in [2.75, 3.05) is 13.7 Å². The standard InChI is InChI=1S/C16H25N3O2/c1-20-9-13(17)15-18-14(21-19-15)8-16-5-10-2-11(6-16)4-12(3-10)7-16/h10-13H,2-9,17H2,1H3. The van der Waals surface area contributed by atoms with Crippen molar-refractivity contribution in [2.24, 2.45) is 28.9 Å². The summed E-state index contributed by atoms with van der Waals surface area (Å²) in [6.45, 7) is 0.427. The predicted molar refractivity (Wildman–Crippen MR) is 77.4 cm³/mol. The van der Waals surface area contributed by atoms with Crippen molar-refractivity contribution in [3.8, 4) is 0 Å². The van der Waals surface area contributed by atoms with Crippen LogP contribution in [-0.2, 0) is 11.2 Å². The number of nitrogens with zero attached hydrogens (tertiary/aromatic N) is 2. The Morgan fingerprint density at radius 1 is 1.24 bits per heavy atom. The highest BCUT2D eigenvalue weighted by Gasteiger charge is 2.51. The Hall–Kier alpha value is -0.940. The number of hydrogen-bond acceptors (Lipinski definition) is 5. The molecule has 4 aliphatic rings. The van der Waals surface area contributed by atoms with Crippen molar-refractivity contribution in [1.82, 2.24) is 10.1 Å². The summed E-state index contributed by atoms with van der Waals surface area (Å²) in [4.78, 5) is 4.52. The molecule has 0 amide bonds. The Kier molecular flexibility index (Phi) is 3.30. The fourth-order valence-corrected chi connectivity index (χ4v) is 5.57. The molecule has 4 fully saturated rings. The largest absolute Gasteiger partial charge is 0.383 e. The Labute approximate surface area is 125 Å². The van der Waals surface area contributed by atoms with Gasteiger partial charge in [-0.05, 0) is 61.7 Å². The first-order valence-corrected chi connectivity index (χ1v) is 8.23. The second-order valence-corrected chi connectivity index (χ2v) is 7.70. The van der Waals surface area contributed by atoms with Crippen LogP contribution >= 0.6 is 0 Å². The van der Waals surface area contributed by atoms with Crippen LogP contribution < -0.4 is 5.73 Å². The van der Waals surface area contributed by atoms with Crippen LogP contribution in [0.4, 0.5) is 0 Å². The van der Waals surface area contributed by atoms with Crippen molar-refractivity contribution >= 4 is 0 Å². The third kappa shape index (κ3) is 2.50. The Morgan fingerprint density at radius 3 is 2.43 bits per heavy atom. The van der Waals surface area contributed by atoms with Gasteiger partial charge in [0.2, 0.25) is 5.89 Å². The first-order valence-electron chi connectivity index (χ1n) is 8.23. The van der Waals surface area contributed by atoms with E-state index in [-0.39, 0.29) is 6.04 Å². The quantitative estimate of drug-likeness (QED) is 0.902. The Balaban J connectivity index is 1.48. The van der Waals surface area contributed by atoms with E-state index in [1.165, 1.54) is 38.5 Å². The van der Waals surface area contributed by atoms with Gasteiger partial charge in [-0.2, -0.15) is 4.98 Å². The van der Waals surface area contributed by atoms with Gasteiger partial charge in [0.25, 0.3) is 0 Å². The van der Waals surface area contributed by atoms with Crippen molar-refractivity contribution in [2.45, 2.75) is 51.0 Å². The first kappa shape index (κ1) is 13.7. The number of methoxy groups -OCH3 is 1. The van der Waals surface area contributed by atoms with Gasteiger partial charge >= 0.3 is 0 Å². The summed E-state index contributed by atoms with van der Waals surface area (Å²) >= 11 is 0. The van der Waals surface area contributed by atoms with E-state index >= 15 is 0 Å². The lowest BCUT2D eigenvalue weighted by Crippen LogP contribution is -2.47. The number of ether oxygens (including phenoxy) is 1. The summed E-state index contributed by atoms with van der Waals surface area (Å²) in [5.74, 6) is 4.22. The molecule has 1 atom stereocenters. The molecule has 0 spiro atoms. The zero-order valence-corrected chi connectivity index (χ0v) is 12.8. The van der Waals surface area contributed by atoms with Gasteiger partial charge in [0.1, 0.15) is 0 Å². The number of nitrogens with two attached hydrogens (primary N) is 1. The normalized spacial score (nSPS) is 38.9. The molecular formula is C16H25N3O2. The molecule has 1 heterocycles. The molecule has 0 saturated heterocycles. The Bertz CT molecular complexity index is 478. The summed E-state index contributed by atoms with van der Waals surface area (Å²) in [6.07, 6.45) is 9.43. The molecule has 0 aromatic carbocycles. The first-order chi connectivity index (χ1) is 10.2. The third-order valence-corrected chi connectivity index (χ3v) is 5.85. The van der Waals surface area contributed by atoms with E-state index in [4.69, 9.17) is 15.0 Å². The van der Waals surface area contributed by atoms with Gasteiger partial charge in [-0.25, -0.2) is 0 Å². The molecule has 116 valence electrons. The van der Waals surface area contributed by atoms with Gasteiger partial charge in [-0.1, -0.05) is 5.16 Å². The van der Waals surface area contributed by atoms with Crippen molar-refractivity contribution in [3.05, 3.63) is 11.7 Å². The summed E-state index contributed by atoms with van der Waals surface area (Å²) in [5, 5.41) is 4.04. The molecule has 1 aromatic rings. The number of rotatable bonds is 5. The highest BCUT2D eigenvalue weighted by Crippen LogP contribution is 2.60. The van der Waals surface area contributed by atoms with Gasteiger partial charge in [0.05, 0.1) is 12.6 Å². The summed E-state index contributed by atoms with van der Waals surface area (Å²) in [5.41, 5.74) is 6.40. The molecule has 0 radical (unpaired) electrons. The van der Waals surface area contributed by atoms with Crippen LogP contribution in [0.25, 0.3) is 0 Å². The van der Waals surface area contributed by atoms with Crippen LogP contribution in [0.1, 0.15) is 56.3 Å². The molecule has 4 aliphatic carbocycles. The molecule has 0 aliphatic heterocycles. The molecule has 5 heteroatoms. The van der Waals surface area contributed by atoms with E-state index < -0.39 is 0 Å². The van der Waals surface area contributed by atoms with Crippen LogP contribution in [0.3, 0.4) is 0 Å². The number of hydrogen-bond donors (Lipinski definition) is 1. The van der Waals surface area contributed by atoms with Gasteiger partial charge in [0, 0.05) is 13.5 Å². The van der Waals surface area contributed by atoms with E-state index in [0.717, 1.165) is 30.1 Å². The topological polar surface area (TPSA) is 74.2 Å². The highest BCUT2D eigenvalue weighted by atomic mass is 16.5. The SMILES string of the molecule is COCC(N)c1noc(CC23CC4CC(CC(C4)C2)C3)n1. The average molecular weight is 291 g/mol. The minimum absolute atomic E-state index is 0.288. The van der Waals surface area contributed by atoms with Gasteiger partial charge in [0.15, 0.2) is 5.82 Å². The van der Waals surface area contributed by atoms with Gasteiger partial charge in [-0.3, -0.25) is 0 Å². The lowest BCUT2D eigenvalue weighted by Gasteiger charge is -2.56. The molecule has 21 heavy (non-hydrogen) atoms. The Morgan fingerprint density at radius 2 is 1.86 bits per heavy atom. The molecule has 4 bridgehead atoms. The zero-order valence-electron chi connectivity index (χ0n) is 12.8. The monoisotopic (exact) mass is 291 g/mol. The summed E-state index contributed by atoms with van der Waals surface area (Å²) in [7, 11) is 1.64. The van der Waals surface area contributed by atoms with Crippen LogP contribution in [-0.4, -0.2) is 23.9 Å². The smallest absolute Gasteiger partial charge is 0.227 e. The van der Waals surface area contributed by atoms with E-state index in [0.29, 0.717) is 17.8 Å². The summed E-state index contributed by atoms with van der Waals surface area (Å²) < 4.78 is 10.5. The minimum atomic E-state index is -0.288. The maximum absolute atomic E-state index is 5.97. The van der Waals surface area contributed by atoms with Gasteiger partial charge < -0.3 is 15.0 Å². The molecule has 1 unspecified atom stereocenters. The van der Waals surface area contributed by atoms with Gasteiger partial charge in [-0.15, -0.1) is 0 Å². The lowest BCUT2D eigenvalue weighted by atomic mass is 9.49. The maximum Gasteiger partial charge on any atom is 0.227 e. The molecule has 2 N–H and O–H groups in total. The highest BCUT2D eigenvalue weighted by molar-refractivity contribution is 5.05. The maximum atomic E-state index is 5.97. The van der Waals surface area contributed by atoms with E-state index in [9.17, 15) is 0 Å². The lowest BCUT2D eigenvalue weighted by molar-refractivity contribution is -0.0556. The minimum Gasteiger partial charge on any atom is -0.383 e. The van der Waals surface area contributed by atoms with Crippen LogP contribution in [0, 0.1) is 23.2 Å². The van der Waals surface area contributed by atoms with Crippen molar-refractivity contribution in [3.63, 3.8) is 0 Å². The molecule has 5 rings (SSSR count). The van der Waals surface area contributed by atoms with E-state index in [2.05, 4.69) is 10.1 Å². The number of aromatic nitrogens is 2. The van der Waals surface area contributed by atoms with Crippen LogP contribution in [0.2, 0.25) is 0 Å². The zero-order chi connectivity index (χ0) is 14.4. The van der Waals surface area contributed by atoms with E-state index in [1.54, 1.807) is 7.11 Å². The molecule has 4 saturated carbocycles. The fourth-order valence-electron chi connectivity index (χ4n) is 5.57. The second-order valence-electron chi connectivity index (χ2n) is 7.70. The molecule has 1 aromatic heterocycles. The predicted octanol–water partition coefficient (Wildman–Crippen LogP) is 2.47. The summed E-state index contributed by atoms with van der Waals surface area (Å²) in [6, 6.07) is -0.288. The van der Waals surface area contributed by atoms with Crippen LogP contribution in [0.15, 0.2) is 4.52 Å². The third-order valence-electron chi connectivity index (χ3n) is 5.85. The average Bonchev–Trinajstić information content (AvgIpc) is 2.85. The second kappa shape index (κ2) is 5.06. The van der Waals surface area contributed by atoms with Crippen LogP contribution in [0.5, 0.6) is 0 Å². The van der Waals surface area contributed by atoms with Crippen molar-refractivity contribution in [1.29, 1.82) is 0 Å². The van der Waals surface area contributed by atoms with E-state index in [1.807, 2.05) is 0 Å². The van der Waals surface area contributed by atoms with Crippen molar-refractivity contribution < 1.29 is 9.26 Å². The molecule has 5 nitrogen and oxygen atoms in total. The molecular weight excluding hydrogens is 266 g/mol.